The summed E-state index contributed by atoms with van der Waals surface area (Å²) in [5.41, 5.74) is 4.50. The summed E-state index contributed by atoms with van der Waals surface area (Å²) in [5, 5.41) is 8.08. The van der Waals surface area contributed by atoms with Crippen LogP contribution in [0.15, 0.2) is 121 Å². The van der Waals surface area contributed by atoms with Gasteiger partial charge in [0.2, 0.25) is 0 Å². The number of hydrogen-bond donors (Lipinski definition) is 3. The second-order valence-corrected chi connectivity index (χ2v) is 13.8. The summed E-state index contributed by atoms with van der Waals surface area (Å²) in [4.78, 5) is 16.9. The van der Waals surface area contributed by atoms with Gasteiger partial charge < -0.3 is 20.4 Å². The van der Waals surface area contributed by atoms with Crippen LogP contribution in [0.1, 0.15) is 39.3 Å². The second-order valence-electron chi connectivity index (χ2n) is 11.2. The third-order valence-electron chi connectivity index (χ3n) is 7.97. The van der Waals surface area contributed by atoms with Crippen molar-refractivity contribution in [3.8, 4) is 5.75 Å². The smallest absolute Gasteiger partial charge is 0.176 e. The standard InChI is InChI=1S/C37H34ClN3O4S.ClH/c1-46(43,44)37(26-12-6-3-7-13-26)41-35-22-27(16-19-31(35)38)36(42)24-39-32(25-10-4-2-5-11-25)20-21-45-28-17-18-30-29-14-8-9-15-33(29)40-34(30)23-28;/h2-19,22-23,32,37,39-41H,20-21,24H2,1H3;1H. The molecule has 0 saturated heterocycles. The molecule has 0 saturated carbocycles. The molecule has 0 bridgehead atoms. The number of hydrogen-bond acceptors (Lipinski definition) is 6. The number of ketones is 1. The minimum absolute atomic E-state index is 0. The molecule has 10 heteroatoms. The Kier molecular flexibility index (Phi) is 10.9. The molecule has 7 nitrogen and oxygen atoms in total. The fraction of sp³-hybridized carbons (Fsp3) is 0.162. The zero-order chi connectivity index (χ0) is 32.1. The van der Waals surface area contributed by atoms with Crippen molar-refractivity contribution in [1.82, 2.24) is 10.3 Å². The molecule has 6 aromatic rings. The van der Waals surface area contributed by atoms with Crippen LogP contribution in [0.25, 0.3) is 21.8 Å². The van der Waals surface area contributed by atoms with Crippen molar-refractivity contribution in [1.29, 1.82) is 0 Å². The van der Waals surface area contributed by atoms with Gasteiger partial charge in [0.05, 0.1) is 29.4 Å². The van der Waals surface area contributed by atoms with E-state index in [4.69, 9.17) is 16.3 Å². The van der Waals surface area contributed by atoms with E-state index in [0.717, 1.165) is 34.0 Å². The Labute approximate surface area is 285 Å². The lowest BCUT2D eigenvalue weighted by Crippen LogP contribution is -2.29. The molecular weight excluding hydrogens is 653 g/mol. The Morgan fingerprint density at radius 2 is 1.47 bits per heavy atom. The highest BCUT2D eigenvalue weighted by Gasteiger charge is 2.24. The molecule has 1 heterocycles. The van der Waals surface area contributed by atoms with Crippen molar-refractivity contribution >= 4 is 67.1 Å². The van der Waals surface area contributed by atoms with Crippen LogP contribution in [0.4, 0.5) is 5.69 Å². The lowest BCUT2D eigenvalue weighted by atomic mass is 10.0. The van der Waals surface area contributed by atoms with Gasteiger partial charge in [-0.3, -0.25) is 4.79 Å². The van der Waals surface area contributed by atoms with Gasteiger partial charge in [0, 0.05) is 46.6 Å². The first-order valence-corrected chi connectivity index (χ1v) is 17.3. The molecule has 0 amide bonds. The largest absolute Gasteiger partial charge is 0.493 e. The molecule has 3 N–H and O–H groups in total. The van der Waals surface area contributed by atoms with Gasteiger partial charge in [-0.1, -0.05) is 90.5 Å². The van der Waals surface area contributed by atoms with E-state index < -0.39 is 15.2 Å². The molecule has 0 fully saturated rings. The highest BCUT2D eigenvalue weighted by molar-refractivity contribution is 7.91. The number of sulfone groups is 1. The second kappa shape index (κ2) is 15.0. The maximum atomic E-state index is 13.4. The highest BCUT2D eigenvalue weighted by Crippen LogP contribution is 2.31. The number of nitrogens with one attached hydrogen (secondary N) is 3. The number of fused-ring (bicyclic) bond motifs is 3. The molecule has 5 aromatic carbocycles. The Balaban J connectivity index is 0.00000433. The van der Waals surface area contributed by atoms with Crippen molar-refractivity contribution in [2.45, 2.75) is 17.8 Å². The SMILES string of the molecule is CS(=O)(=O)C(Nc1cc(C(=O)CNC(CCOc2ccc3c(c2)[nH]c2ccccc23)c2ccccc2)ccc1Cl)c1ccccc1.Cl. The Bertz CT molecular complexity index is 2090. The van der Waals surface area contributed by atoms with Crippen LogP contribution in [-0.2, 0) is 9.84 Å². The summed E-state index contributed by atoms with van der Waals surface area (Å²) in [6.07, 6.45) is 1.79. The predicted molar refractivity (Wildman–Crippen MR) is 194 cm³/mol. The van der Waals surface area contributed by atoms with E-state index in [9.17, 15) is 13.2 Å². The third kappa shape index (κ3) is 8.15. The molecule has 0 aliphatic carbocycles. The van der Waals surface area contributed by atoms with Crippen molar-refractivity contribution in [3.05, 3.63) is 143 Å². The molecule has 1 aromatic heterocycles. The van der Waals surface area contributed by atoms with E-state index in [-0.39, 0.29) is 30.8 Å². The van der Waals surface area contributed by atoms with Crippen LogP contribution in [0.2, 0.25) is 5.02 Å². The van der Waals surface area contributed by atoms with Crippen LogP contribution in [0, 0.1) is 0 Å². The lowest BCUT2D eigenvalue weighted by molar-refractivity contribution is 0.0985. The zero-order valence-electron chi connectivity index (χ0n) is 25.7. The topological polar surface area (TPSA) is 100 Å². The summed E-state index contributed by atoms with van der Waals surface area (Å²) < 4.78 is 31.5. The average Bonchev–Trinajstić information content (AvgIpc) is 3.44. The monoisotopic (exact) mass is 687 g/mol. The number of H-pyrrole nitrogens is 1. The van der Waals surface area contributed by atoms with Crippen molar-refractivity contribution in [3.63, 3.8) is 0 Å². The van der Waals surface area contributed by atoms with Gasteiger partial charge in [-0.25, -0.2) is 8.42 Å². The summed E-state index contributed by atoms with van der Waals surface area (Å²) in [6.45, 7) is 0.504. The number of para-hydroxylation sites is 1. The summed E-state index contributed by atoms with van der Waals surface area (Å²) in [7, 11) is -3.55. The summed E-state index contributed by atoms with van der Waals surface area (Å²) in [6, 6.07) is 37.8. The van der Waals surface area contributed by atoms with Crippen LogP contribution in [0.5, 0.6) is 5.75 Å². The van der Waals surface area contributed by atoms with Crippen molar-refractivity contribution in [2.75, 3.05) is 24.7 Å². The first-order valence-electron chi connectivity index (χ1n) is 15.0. The van der Waals surface area contributed by atoms with E-state index in [2.05, 4.69) is 33.8 Å². The molecular formula is C37H35Cl2N3O4S. The average molecular weight is 689 g/mol. The molecule has 242 valence electrons. The van der Waals surface area contributed by atoms with E-state index in [0.29, 0.717) is 34.9 Å². The van der Waals surface area contributed by atoms with Gasteiger partial charge in [-0.05, 0) is 47.5 Å². The van der Waals surface area contributed by atoms with Crippen LogP contribution in [0.3, 0.4) is 0 Å². The summed E-state index contributed by atoms with van der Waals surface area (Å²) in [5.74, 6) is 0.618. The van der Waals surface area contributed by atoms with E-state index in [1.165, 1.54) is 5.39 Å². The Morgan fingerprint density at radius 1 is 0.809 bits per heavy atom. The lowest BCUT2D eigenvalue weighted by Gasteiger charge is -2.21. The Hall–Kier alpha value is -4.34. The molecule has 6 rings (SSSR count). The minimum Gasteiger partial charge on any atom is -0.493 e. The van der Waals surface area contributed by atoms with Crippen molar-refractivity contribution in [2.24, 2.45) is 0 Å². The van der Waals surface area contributed by atoms with E-state index >= 15 is 0 Å². The summed E-state index contributed by atoms with van der Waals surface area (Å²) >= 11 is 6.45. The predicted octanol–water partition coefficient (Wildman–Crippen LogP) is 8.53. The number of carbonyl (C=O) groups excluding carboxylic acids is 1. The fourth-order valence-electron chi connectivity index (χ4n) is 5.62. The fourth-order valence-corrected chi connectivity index (χ4v) is 6.79. The number of aromatic nitrogens is 1. The van der Waals surface area contributed by atoms with Crippen LogP contribution < -0.4 is 15.4 Å². The number of rotatable bonds is 13. The molecule has 0 aliphatic heterocycles. The number of benzene rings is 5. The van der Waals surface area contributed by atoms with E-state index in [1.54, 1.807) is 42.5 Å². The van der Waals surface area contributed by atoms with Gasteiger partial charge in [0.15, 0.2) is 21.0 Å². The quantitative estimate of drug-likeness (QED) is 0.105. The van der Waals surface area contributed by atoms with Crippen molar-refractivity contribution < 1.29 is 17.9 Å². The molecule has 0 radical (unpaired) electrons. The number of aromatic amines is 1. The zero-order valence-corrected chi connectivity index (χ0v) is 28.0. The number of Topliss-reactive ketones (excluding diaryl/α,β-unsaturated/α-hetero) is 1. The first-order chi connectivity index (χ1) is 22.3. The van der Waals surface area contributed by atoms with Gasteiger partial charge in [0.1, 0.15) is 5.75 Å². The maximum Gasteiger partial charge on any atom is 0.176 e. The maximum absolute atomic E-state index is 13.4. The normalized spacial score (nSPS) is 12.7. The van der Waals surface area contributed by atoms with E-state index in [1.807, 2.05) is 60.7 Å². The first kappa shape index (κ1) is 34.0. The number of halogens is 2. The van der Waals surface area contributed by atoms with Gasteiger partial charge >= 0.3 is 0 Å². The minimum atomic E-state index is -3.55. The molecule has 47 heavy (non-hydrogen) atoms. The number of ether oxygens (including phenoxy) is 1. The van der Waals surface area contributed by atoms with Gasteiger partial charge in [-0.2, -0.15) is 0 Å². The van der Waals surface area contributed by atoms with Crippen LogP contribution >= 0.6 is 24.0 Å². The molecule has 0 aliphatic rings. The number of carbonyl (C=O) groups is 1. The van der Waals surface area contributed by atoms with Crippen LogP contribution in [-0.4, -0.2) is 38.6 Å². The third-order valence-corrected chi connectivity index (χ3v) is 9.55. The molecule has 0 spiro atoms. The highest BCUT2D eigenvalue weighted by atomic mass is 35.5. The van der Waals surface area contributed by atoms with Gasteiger partial charge in [-0.15, -0.1) is 12.4 Å². The molecule has 2 atom stereocenters. The molecule has 2 unspecified atom stereocenters. The number of anilines is 1. The van der Waals surface area contributed by atoms with Gasteiger partial charge in [0.25, 0.3) is 0 Å². The Morgan fingerprint density at radius 3 is 2.19 bits per heavy atom.